The molecule has 1 heterocycles. The van der Waals surface area contributed by atoms with Gasteiger partial charge in [-0.1, -0.05) is 6.07 Å². The summed E-state index contributed by atoms with van der Waals surface area (Å²) in [5.74, 6) is -0.499. The van der Waals surface area contributed by atoms with Gasteiger partial charge in [-0.05, 0) is 36.1 Å². The lowest BCUT2D eigenvalue weighted by atomic mass is 10.3. The molecule has 0 fully saturated rings. The van der Waals surface area contributed by atoms with Crippen LogP contribution >= 0.6 is 11.3 Å². The predicted octanol–water partition coefficient (Wildman–Crippen LogP) is 2.46. The van der Waals surface area contributed by atoms with Crippen molar-refractivity contribution in [2.24, 2.45) is 5.73 Å². The topological polar surface area (TPSA) is 72.2 Å². The van der Waals surface area contributed by atoms with Crippen molar-refractivity contribution in [2.45, 2.75) is 18.4 Å². The molecule has 7 heteroatoms. The van der Waals surface area contributed by atoms with Gasteiger partial charge in [0.05, 0.1) is 5.69 Å². The van der Waals surface area contributed by atoms with Crippen molar-refractivity contribution in [2.75, 3.05) is 4.72 Å². The number of thiophene rings is 1. The Balaban J connectivity index is 2.40. The van der Waals surface area contributed by atoms with Crippen LogP contribution in [0.25, 0.3) is 0 Å². The van der Waals surface area contributed by atoms with Crippen molar-refractivity contribution >= 4 is 27.0 Å². The molecule has 2 rings (SSSR count). The predicted molar refractivity (Wildman–Crippen MR) is 74.2 cm³/mol. The summed E-state index contributed by atoms with van der Waals surface area (Å²) in [5.41, 5.74) is 6.36. The van der Waals surface area contributed by atoms with Gasteiger partial charge in [0.1, 0.15) is 10.7 Å². The molecule has 0 saturated heterocycles. The summed E-state index contributed by atoms with van der Waals surface area (Å²) in [5, 5.41) is 1.74. The maximum Gasteiger partial charge on any atom is 0.263 e. The van der Waals surface area contributed by atoms with Crippen LogP contribution in [-0.4, -0.2) is 8.42 Å². The van der Waals surface area contributed by atoms with Crippen LogP contribution in [-0.2, 0) is 16.6 Å². The van der Waals surface area contributed by atoms with Crippen LogP contribution in [0.2, 0.25) is 0 Å². The Morgan fingerprint density at radius 2 is 2.16 bits per heavy atom. The molecule has 102 valence electrons. The summed E-state index contributed by atoms with van der Waals surface area (Å²) < 4.78 is 40.0. The number of hydrogen-bond donors (Lipinski definition) is 2. The second kappa shape index (κ2) is 5.28. The fraction of sp³-hybridized carbons (Fsp3) is 0.167. The molecule has 0 radical (unpaired) electrons. The van der Waals surface area contributed by atoms with E-state index in [1.54, 1.807) is 12.3 Å². The van der Waals surface area contributed by atoms with Crippen LogP contribution in [0.5, 0.6) is 0 Å². The zero-order valence-corrected chi connectivity index (χ0v) is 11.8. The first-order valence-corrected chi connectivity index (χ1v) is 7.86. The van der Waals surface area contributed by atoms with E-state index in [1.165, 1.54) is 29.5 Å². The summed E-state index contributed by atoms with van der Waals surface area (Å²) in [7, 11) is -3.75. The van der Waals surface area contributed by atoms with E-state index in [4.69, 9.17) is 5.73 Å². The summed E-state index contributed by atoms with van der Waals surface area (Å²) >= 11 is 1.30. The third kappa shape index (κ3) is 2.94. The zero-order valence-electron chi connectivity index (χ0n) is 10.2. The maximum absolute atomic E-state index is 13.1. The second-order valence-corrected chi connectivity index (χ2v) is 6.57. The molecule has 1 aromatic heterocycles. The Labute approximate surface area is 115 Å². The Morgan fingerprint density at radius 1 is 1.42 bits per heavy atom. The molecule has 0 saturated carbocycles. The number of rotatable bonds is 4. The molecular formula is C12H13FN2O2S2. The third-order valence-electron chi connectivity index (χ3n) is 2.52. The summed E-state index contributed by atoms with van der Waals surface area (Å²) in [4.78, 5) is 0.769. The van der Waals surface area contributed by atoms with E-state index in [0.717, 1.165) is 6.07 Å². The molecule has 0 aliphatic rings. The van der Waals surface area contributed by atoms with Crippen LogP contribution in [0.3, 0.4) is 0 Å². The van der Waals surface area contributed by atoms with Gasteiger partial charge in [0.25, 0.3) is 10.0 Å². The molecule has 1 aromatic carbocycles. The number of benzene rings is 1. The first kappa shape index (κ1) is 14.0. The van der Waals surface area contributed by atoms with Gasteiger partial charge in [-0.15, -0.1) is 11.3 Å². The maximum atomic E-state index is 13.1. The highest BCUT2D eigenvalue weighted by Crippen LogP contribution is 2.28. The van der Waals surface area contributed by atoms with Crippen molar-refractivity contribution in [3.63, 3.8) is 0 Å². The summed E-state index contributed by atoms with van der Waals surface area (Å²) in [6.07, 6.45) is 0. The smallest absolute Gasteiger partial charge is 0.263 e. The molecule has 0 aliphatic carbocycles. The number of aryl methyl sites for hydroxylation is 1. The molecule has 0 spiro atoms. The number of anilines is 1. The van der Waals surface area contributed by atoms with E-state index in [1.807, 2.05) is 0 Å². The van der Waals surface area contributed by atoms with Crippen molar-refractivity contribution in [1.29, 1.82) is 0 Å². The Morgan fingerprint density at radius 3 is 2.79 bits per heavy atom. The fourth-order valence-corrected chi connectivity index (χ4v) is 4.50. The minimum Gasteiger partial charge on any atom is -0.326 e. The largest absolute Gasteiger partial charge is 0.326 e. The first-order chi connectivity index (χ1) is 8.94. The Bertz CT molecular complexity index is 696. The third-order valence-corrected chi connectivity index (χ3v) is 5.39. The molecule has 4 nitrogen and oxygen atoms in total. The first-order valence-electron chi connectivity index (χ1n) is 5.49. The standard InChI is InChI=1S/C12H13FN2O2S2/c1-8-7-18-11(6-14)12(8)19(16,17)15-10-4-2-3-9(13)5-10/h2-5,7,15H,6,14H2,1H3. The van der Waals surface area contributed by atoms with Crippen LogP contribution in [0, 0.1) is 12.7 Å². The summed E-state index contributed by atoms with van der Waals surface area (Å²) in [6.45, 7) is 1.85. The molecule has 19 heavy (non-hydrogen) atoms. The van der Waals surface area contributed by atoms with Gasteiger partial charge in [0, 0.05) is 11.4 Å². The molecule has 0 bridgehead atoms. The number of sulfonamides is 1. The van der Waals surface area contributed by atoms with E-state index in [0.29, 0.717) is 10.4 Å². The molecular weight excluding hydrogens is 287 g/mol. The average Bonchev–Trinajstić information content (AvgIpc) is 2.70. The van der Waals surface area contributed by atoms with E-state index >= 15 is 0 Å². The lowest BCUT2D eigenvalue weighted by Gasteiger charge is -2.09. The number of nitrogens with one attached hydrogen (secondary N) is 1. The highest BCUT2D eigenvalue weighted by molar-refractivity contribution is 7.93. The van der Waals surface area contributed by atoms with Gasteiger partial charge in [-0.25, -0.2) is 12.8 Å². The van der Waals surface area contributed by atoms with Gasteiger partial charge < -0.3 is 5.73 Å². The van der Waals surface area contributed by atoms with Crippen molar-refractivity contribution < 1.29 is 12.8 Å². The molecule has 0 unspecified atom stereocenters. The minimum absolute atomic E-state index is 0.151. The Kier molecular flexibility index (Phi) is 3.88. The molecule has 2 aromatic rings. The monoisotopic (exact) mass is 300 g/mol. The van der Waals surface area contributed by atoms with Crippen molar-refractivity contribution in [3.8, 4) is 0 Å². The van der Waals surface area contributed by atoms with Gasteiger partial charge in [0.2, 0.25) is 0 Å². The van der Waals surface area contributed by atoms with Crippen molar-refractivity contribution in [1.82, 2.24) is 0 Å². The highest BCUT2D eigenvalue weighted by atomic mass is 32.2. The zero-order chi connectivity index (χ0) is 14.0. The van der Waals surface area contributed by atoms with Gasteiger partial charge in [-0.3, -0.25) is 4.72 Å². The van der Waals surface area contributed by atoms with E-state index < -0.39 is 15.8 Å². The quantitative estimate of drug-likeness (QED) is 0.911. The van der Waals surface area contributed by atoms with Crippen LogP contribution in [0.4, 0.5) is 10.1 Å². The highest BCUT2D eigenvalue weighted by Gasteiger charge is 2.22. The van der Waals surface area contributed by atoms with Gasteiger partial charge in [0.15, 0.2) is 0 Å². The van der Waals surface area contributed by atoms with E-state index in [-0.39, 0.29) is 17.1 Å². The van der Waals surface area contributed by atoms with E-state index in [9.17, 15) is 12.8 Å². The number of hydrogen-bond acceptors (Lipinski definition) is 4. The fourth-order valence-electron chi connectivity index (χ4n) is 1.75. The van der Waals surface area contributed by atoms with E-state index in [2.05, 4.69) is 4.72 Å². The second-order valence-electron chi connectivity index (χ2n) is 3.99. The molecule has 0 atom stereocenters. The van der Waals surface area contributed by atoms with Crippen molar-refractivity contribution in [3.05, 3.63) is 45.9 Å². The molecule has 3 N–H and O–H groups in total. The van der Waals surface area contributed by atoms with Gasteiger partial charge in [-0.2, -0.15) is 0 Å². The van der Waals surface area contributed by atoms with Crippen LogP contribution in [0.15, 0.2) is 34.5 Å². The lowest BCUT2D eigenvalue weighted by molar-refractivity contribution is 0.600. The lowest BCUT2D eigenvalue weighted by Crippen LogP contribution is -2.15. The molecule has 0 amide bonds. The van der Waals surface area contributed by atoms with Crippen LogP contribution in [0.1, 0.15) is 10.4 Å². The Hall–Kier alpha value is -1.44. The van der Waals surface area contributed by atoms with Gasteiger partial charge >= 0.3 is 0 Å². The number of halogens is 1. The minimum atomic E-state index is -3.75. The average molecular weight is 300 g/mol. The summed E-state index contributed by atoms with van der Waals surface area (Å²) in [6, 6.07) is 5.31. The molecule has 0 aliphatic heterocycles. The van der Waals surface area contributed by atoms with Crippen LogP contribution < -0.4 is 10.5 Å². The normalized spacial score (nSPS) is 11.5. The SMILES string of the molecule is Cc1csc(CN)c1S(=O)(=O)Nc1cccc(F)c1. The number of nitrogens with two attached hydrogens (primary N) is 1.